The molecule has 7 nitrogen and oxygen atoms in total. The van der Waals surface area contributed by atoms with Gasteiger partial charge in [-0.2, -0.15) is 0 Å². The zero-order valence-electron chi connectivity index (χ0n) is 18.4. The Hall–Kier alpha value is -3.74. The van der Waals surface area contributed by atoms with Gasteiger partial charge >= 0.3 is 5.97 Å². The van der Waals surface area contributed by atoms with Gasteiger partial charge < -0.3 is 9.64 Å². The van der Waals surface area contributed by atoms with E-state index in [4.69, 9.17) is 4.74 Å². The van der Waals surface area contributed by atoms with Crippen LogP contribution in [0.5, 0.6) is 5.75 Å². The van der Waals surface area contributed by atoms with Gasteiger partial charge in [-0.15, -0.1) is 0 Å². The van der Waals surface area contributed by atoms with E-state index in [1.807, 2.05) is 31.2 Å². The summed E-state index contributed by atoms with van der Waals surface area (Å²) in [7, 11) is 1.67. The quantitative estimate of drug-likeness (QED) is 0.306. The highest BCUT2D eigenvalue weighted by molar-refractivity contribution is 6.08. The fourth-order valence-electron chi connectivity index (χ4n) is 5.16. The Labute approximate surface area is 191 Å². The van der Waals surface area contributed by atoms with Gasteiger partial charge in [0.15, 0.2) is 0 Å². The molecule has 168 valence electrons. The molecule has 4 atom stereocenters. The third-order valence-corrected chi connectivity index (χ3v) is 6.91. The second-order valence-corrected chi connectivity index (χ2v) is 8.96. The average molecular weight is 444 g/mol. The van der Waals surface area contributed by atoms with Crippen molar-refractivity contribution in [3.05, 3.63) is 71.8 Å². The number of hydrogen-bond donors (Lipinski definition) is 0. The van der Waals surface area contributed by atoms with Crippen LogP contribution in [-0.2, 0) is 14.4 Å². The Balaban J connectivity index is 1.20. The second kappa shape index (κ2) is 7.99. The number of esters is 1. The number of fused-ring (bicyclic) bond motifs is 5. The molecule has 2 aliphatic carbocycles. The first kappa shape index (κ1) is 21.1. The number of hydrogen-bond acceptors (Lipinski definition) is 5. The van der Waals surface area contributed by atoms with Crippen molar-refractivity contribution in [1.29, 1.82) is 0 Å². The molecule has 0 radical (unpaired) electrons. The molecule has 1 saturated heterocycles. The molecule has 1 saturated carbocycles. The van der Waals surface area contributed by atoms with Crippen LogP contribution in [0.15, 0.2) is 60.7 Å². The molecule has 1 aliphatic heterocycles. The fraction of sp³-hybridized carbons (Fsp3) is 0.308. The van der Waals surface area contributed by atoms with Crippen molar-refractivity contribution in [2.24, 2.45) is 23.7 Å². The molecule has 3 aliphatic rings. The smallest absolute Gasteiger partial charge is 0.331 e. The van der Waals surface area contributed by atoms with Crippen molar-refractivity contribution < 1.29 is 23.9 Å². The molecule has 0 aromatic heterocycles. The highest BCUT2D eigenvalue weighted by Gasteiger charge is 2.59. The molecular formula is C26H24N2O5. The second-order valence-electron chi connectivity index (χ2n) is 8.96. The van der Waals surface area contributed by atoms with Gasteiger partial charge in [0, 0.05) is 18.3 Å². The van der Waals surface area contributed by atoms with Gasteiger partial charge in [0.1, 0.15) is 12.3 Å². The van der Waals surface area contributed by atoms with E-state index in [1.165, 1.54) is 4.90 Å². The number of allylic oxidation sites excluding steroid dienone is 2. The summed E-state index contributed by atoms with van der Waals surface area (Å²) in [6.45, 7) is 1.57. The van der Waals surface area contributed by atoms with Crippen molar-refractivity contribution in [1.82, 2.24) is 4.90 Å². The molecule has 7 heteroatoms. The Bertz CT molecular complexity index is 1140. The van der Waals surface area contributed by atoms with Crippen LogP contribution in [0, 0.1) is 30.6 Å². The lowest BCUT2D eigenvalue weighted by atomic mass is 9.85. The zero-order valence-corrected chi connectivity index (χ0v) is 18.4. The number of likely N-dealkylation sites (tertiary alicyclic amines) is 1. The van der Waals surface area contributed by atoms with E-state index in [9.17, 15) is 19.2 Å². The number of benzene rings is 2. The maximum atomic E-state index is 12.7. The summed E-state index contributed by atoms with van der Waals surface area (Å²) in [5.74, 6) is -1.55. The van der Waals surface area contributed by atoms with Crippen LogP contribution in [0.2, 0.25) is 0 Å². The number of nitrogens with zero attached hydrogens (tertiary/aromatic N) is 2. The Morgan fingerprint density at radius 2 is 1.52 bits per heavy atom. The van der Waals surface area contributed by atoms with Crippen molar-refractivity contribution in [3.8, 4) is 5.75 Å². The lowest BCUT2D eigenvalue weighted by Gasteiger charge is -2.18. The predicted octanol–water partition coefficient (Wildman–Crippen LogP) is 2.98. The van der Waals surface area contributed by atoms with Crippen LogP contribution in [0.4, 0.5) is 5.69 Å². The van der Waals surface area contributed by atoms with Gasteiger partial charge in [-0.05, 0) is 61.6 Å². The number of aryl methyl sites for hydroxylation is 1. The summed E-state index contributed by atoms with van der Waals surface area (Å²) in [5, 5.41) is 0. The van der Waals surface area contributed by atoms with E-state index in [-0.39, 0.29) is 47.1 Å². The van der Waals surface area contributed by atoms with Gasteiger partial charge in [0.25, 0.3) is 5.91 Å². The van der Waals surface area contributed by atoms with E-state index >= 15 is 0 Å². The van der Waals surface area contributed by atoms with E-state index in [0.717, 1.165) is 16.9 Å². The van der Waals surface area contributed by atoms with Crippen LogP contribution in [-0.4, -0.2) is 42.2 Å². The number of anilines is 1. The van der Waals surface area contributed by atoms with Crippen molar-refractivity contribution in [2.45, 2.75) is 13.3 Å². The topological polar surface area (TPSA) is 84.0 Å². The van der Waals surface area contributed by atoms with Crippen LogP contribution >= 0.6 is 0 Å². The van der Waals surface area contributed by atoms with Crippen molar-refractivity contribution in [3.63, 3.8) is 0 Å². The number of rotatable bonds is 5. The maximum absolute atomic E-state index is 12.7. The standard InChI is InChI=1S/C26H24N2O5/c1-15-3-5-16(6-4-15)24(30)27(2)19-9-11-20(12-10-19)33-21(29)14-28-25(31)22-17-7-8-18(13-17)23(22)26(28)32/h3-12,17-18,22-23H,13-14H2,1-2H3. The average Bonchev–Trinajstić information content (AvgIpc) is 3.49. The summed E-state index contributed by atoms with van der Waals surface area (Å²) >= 11 is 0. The van der Waals surface area contributed by atoms with Gasteiger partial charge in [0.05, 0.1) is 11.8 Å². The van der Waals surface area contributed by atoms with Crippen LogP contribution in [0.25, 0.3) is 0 Å². The summed E-state index contributed by atoms with van der Waals surface area (Å²) in [5.41, 5.74) is 2.29. The fourth-order valence-corrected chi connectivity index (χ4v) is 5.16. The minimum atomic E-state index is -0.672. The van der Waals surface area contributed by atoms with Crippen molar-refractivity contribution >= 4 is 29.4 Å². The van der Waals surface area contributed by atoms with Crippen LogP contribution in [0.3, 0.4) is 0 Å². The monoisotopic (exact) mass is 444 g/mol. The van der Waals surface area contributed by atoms with E-state index in [0.29, 0.717) is 11.3 Å². The first-order chi connectivity index (χ1) is 15.8. The van der Waals surface area contributed by atoms with Crippen molar-refractivity contribution in [2.75, 3.05) is 18.5 Å². The molecular weight excluding hydrogens is 420 g/mol. The molecule has 0 spiro atoms. The number of imide groups is 1. The van der Waals surface area contributed by atoms with Gasteiger partial charge in [-0.1, -0.05) is 29.8 Å². The third-order valence-electron chi connectivity index (χ3n) is 6.91. The predicted molar refractivity (Wildman–Crippen MR) is 120 cm³/mol. The minimum absolute atomic E-state index is 0.102. The largest absolute Gasteiger partial charge is 0.425 e. The Kier molecular flexibility index (Phi) is 5.12. The molecule has 4 unspecified atom stereocenters. The highest BCUT2D eigenvalue weighted by atomic mass is 16.5. The summed E-state index contributed by atoms with van der Waals surface area (Å²) in [6.07, 6.45) is 4.88. The van der Waals surface area contributed by atoms with E-state index in [1.54, 1.807) is 43.4 Å². The van der Waals surface area contributed by atoms with Gasteiger partial charge in [-0.3, -0.25) is 19.3 Å². The minimum Gasteiger partial charge on any atom is -0.425 e. The molecule has 5 rings (SSSR count). The molecule has 2 aromatic carbocycles. The number of carbonyl (C=O) groups is 4. The summed E-state index contributed by atoms with van der Waals surface area (Å²) in [4.78, 5) is 53.1. The third kappa shape index (κ3) is 3.63. The SMILES string of the molecule is Cc1ccc(C(=O)N(C)c2ccc(OC(=O)CN3C(=O)C4C5C=CC(C5)C4C3=O)cc2)cc1. The molecule has 3 amide bonds. The molecule has 2 bridgehead atoms. The lowest BCUT2D eigenvalue weighted by molar-refractivity contribution is -0.148. The summed E-state index contributed by atoms with van der Waals surface area (Å²) in [6, 6.07) is 13.8. The number of ether oxygens (including phenoxy) is 1. The lowest BCUT2D eigenvalue weighted by Crippen LogP contribution is -2.38. The number of carbonyl (C=O) groups excluding carboxylic acids is 4. The first-order valence-corrected chi connectivity index (χ1v) is 11.0. The van der Waals surface area contributed by atoms with E-state index < -0.39 is 12.5 Å². The number of amides is 3. The molecule has 0 N–H and O–H groups in total. The normalized spacial score (nSPS) is 24.8. The molecule has 1 heterocycles. The highest BCUT2D eigenvalue weighted by Crippen LogP contribution is 2.52. The van der Waals surface area contributed by atoms with Crippen LogP contribution < -0.4 is 9.64 Å². The molecule has 33 heavy (non-hydrogen) atoms. The molecule has 2 aromatic rings. The van der Waals surface area contributed by atoms with Crippen LogP contribution in [0.1, 0.15) is 22.3 Å². The summed E-state index contributed by atoms with van der Waals surface area (Å²) < 4.78 is 5.35. The van der Waals surface area contributed by atoms with Gasteiger partial charge in [0.2, 0.25) is 11.8 Å². The van der Waals surface area contributed by atoms with Gasteiger partial charge in [-0.25, -0.2) is 4.79 Å². The zero-order chi connectivity index (χ0) is 23.3. The Morgan fingerprint density at radius 3 is 2.09 bits per heavy atom. The van der Waals surface area contributed by atoms with E-state index in [2.05, 4.69) is 0 Å². The molecule has 2 fully saturated rings. The Morgan fingerprint density at radius 1 is 0.939 bits per heavy atom. The first-order valence-electron chi connectivity index (χ1n) is 11.0. The maximum Gasteiger partial charge on any atom is 0.331 e.